The van der Waals surface area contributed by atoms with Crippen LogP contribution in [0.1, 0.15) is 43.1 Å². The number of benzene rings is 1. The molecule has 6 heteroatoms. The predicted octanol–water partition coefficient (Wildman–Crippen LogP) is 3.18. The van der Waals surface area contributed by atoms with Crippen molar-refractivity contribution >= 4 is 25.6 Å². The minimum absolute atomic E-state index is 0.0479. The molecule has 1 rings (SSSR count). The standard InChI is InChI=1S/C14H20ClNO3S/c1-5-8-16(10(2)3)14(17)13-9-12(20(15,18)19)7-6-11(13)4/h6-7,9-10H,5,8H2,1-4H3. The molecule has 20 heavy (non-hydrogen) atoms. The van der Waals surface area contributed by atoms with Crippen LogP contribution in [0.5, 0.6) is 0 Å². The van der Waals surface area contributed by atoms with Crippen molar-refractivity contribution in [3.8, 4) is 0 Å². The maximum atomic E-state index is 12.6. The zero-order valence-corrected chi connectivity index (χ0v) is 13.8. The van der Waals surface area contributed by atoms with E-state index in [1.54, 1.807) is 17.9 Å². The van der Waals surface area contributed by atoms with Gasteiger partial charge >= 0.3 is 0 Å². The maximum Gasteiger partial charge on any atom is 0.261 e. The molecule has 0 aliphatic rings. The highest BCUT2D eigenvalue weighted by molar-refractivity contribution is 8.13. The number of amides is 1. The summed E-state index contributed by atoms with van der Waals surface area (Å²) in [7, 11) is 1.51. The number of rotatable bonds is 5. The van der Waals surface area contributed by atoms with Crippen molar-refractivity contribution in [3.63, 3.8) is 0 Å². The van der Waals surface area contributed by atoms with Gasteiger partial charge in [0.15, 0.2) is 0 Å². The van der Waals surface area contributed by atoms with E-state index in [1.165, 1.54) is 12.1 Å². The highest BCUT2D eigenvalue weighted by Gasteiger charge is 2.21. The Kier molecular flexibility index (Phi) is 5.59. The first-order chi connectivity index (χ1) is 9.18. The number of halogens is 1. The van der Waals surface area contributed by atoms with E-state index in [0.29, 0.717) is 12.1 Å². The number of hydrogen-bond donors (Lipinski definition) is 0. The van der Waals surface area contributed by atoms with E-state index in [2.05, 4.69) is 0 Å². The molecule has 1 aromatic carbocycles. The van der Waals surface area contributed by atoms with Crippen LogP contribution in [0.2, 0.25) is 0 Å². The summed E-state index contributed by atoms with van der Waals surface area (Å²) in [5.41, 5.74) is 1.12. The Labute approximate surface area is 125 Å². The van der Waals surface area contributed by atoms with Gasteiger partial charge in [0.25, 0.3) is 15.0 Å². The van der Waals surface area contributed by atoms with E-state index in [0.717, 1.165) is 12.0 Å². The second-order valence-electron chi connectivity index (χ2n) is 5.01. The van der Waals surface area contributed by atoms with Gasteiger partial charge in [-0.3, -0.25) is 4.79 Å². The van der Waals surface area contributed by atoms with E-state index in [1.807, 2.05) is 20.8 Å². The fourth-order valence-corrected chi connectivity index (χ4v) is 2.75. The highest BCUT2D eigenvalue weighted by atomic mass is 35.7. The maximum absolute atomic E-state index is 12.6. The lowest BCUT2D eigenvalue weighted by Crippen LogP contribution is -2.37. The smallest absolute Gasteiger partial charge is 0.261 e. The summed E-state index contributed by atoms with van der Waals surface area (Å²) in [6.07, 6.45) is 0.844. The number of nitrogens with zero attached hydrogens (tertiary/aromatic N) is 1. The lowest BCUT2D eigenvalue weighted by atomic mass is 10.1. The first-order valence-corrected chi connectivity index (χ1v) is 8.85. The number of hydrogen-bond acceptors (Lipinski definition) is 3. The van der Waals surface area contributed by atoms with E-state index in [-0.39, 0.29) is 16.8 Å². The third-order valence-corrected chi connectivity index (χ3v) is 4.42. The second kappa shape index (κ2) is 6.59. The molecule has 0 atom stereocenters. The summed E-state index contributed by atoms with van der Waals surface area (Å²) in [4.78, 5) is 14.2. The monoisotopic (exact) mass is 317 g/mol. The van der Waals surface area contributed by atoms with Gasteiger partial charge < -0.3 is 4.90 Å². The summed E-state index contributed by atoms with van der Waals surface area (Å²) in [5.74, 6) is -0.165. The van der Waals surface area contributed by atoms with Crippen molar-refractivity contribution in [1.82, 2.24) is 4.90 Å². The molecule has 0 bridgehead atoms. The third kappa shape index (κ3) is 3.96. The Balaban J connectivity index is 3.27. The van der Waals surface area contributed by atoms with Gasteiger partial charge in [-0.1, -0.05) is 13.0 Å². The zero-order chi connectivity index (χ0) is 15.5. The van der Waals surface area contributed by atoms with Gasteiger partial charge in [0, 0.05) is 28.8 Å². The zero-order valence-electron chi connectivity index (χ0n) is 12.2. The lowest BCUT2D eigenvalue weighted by molar-refractivity contribution is 0.0705. The molecule has 0 saturated heterocycles. The normalized spacial score (nSPS) is 11.7. The predicted molar refractivity (Wildman–Crippen MR) is 80.7 cm³/mol. The van der Waals surface area contributed by atoms with Crippen LogP contribution in [-0.2, 0) is 9.05 Å². The molecule has 1 amide bonds. The Morgan fingerprint density at radius 3 is 2.40 bits per heavy atom. The molecular weight excluding hydrogens is 298 g/mol. The summed E-state index contributed by atoms with van der Waals surface area (Å²) in [6, 6.07) is 4.42. The molecule has 0 saturated carbocycles. The van der Waals surface area contributed by atoms with Crippen LogP contribution in [-0.4, -0.2) is 31.8 Å². The molecular formula is C14H20ClNO3S. The summed E-state index contributed by atoms with van der Waals surface area (Å²) in [6.45, 7) is 8.28. The van der Waals surface area contributed by atoms with Crippen LogP contribution >= 0.6 is 10.7 Å². The van der Waals surface area contributed by atoms with Crippen LogP contribution in [0.15, 0.2) is 23.1 Å². The minimum Gasteiger partial charge on any atom is -0.336 e. The van der Waals surface area contributed by atoms with Crippen molar-refractivity contribution in [3.05, 3.63) is 29.3 Å². The van der Waals surface area contributed by atoms with E-state index >= 15 is 0 Å². The Hall–Kier alpha value is -1.07. The molecule has 4 nitrogen and oxygen atoms in total. The average Bonchev–Trinajstić information content (AvgIpc) is 2.34. The molecule has 0 N–H and O–H groups in total. The van der Waals surface area contributed by atoms with Crippen LogP contribution in [0, 0.1) is 6.92 Å². The van der Waals surface area contributed by atoms with Crippen molar-refractivity contribution in [2.75, 3.05) is 6.54 Å². The Bertz CT molecular complexity index is 596. The largest absolute Gasteiger partial charge is 0.336 e. The quantitative estimate of drug-likeness (QED) is 0.784. The molecule has 112 valence electrons. The van der Waals surface area contributed by atoms with Gasteiger partial charge in [0.2, 0.25) is 0 Å². The van der Waals surface area contributed by atoms with Crippen molar-refractivity contribution < 1.29 is 13.2 Å². The fraction of sp³-hybridized carbons (Fsp3) is 0.500. The van der Waals surface area contributed by atoms with Gasteiger partial charge in [0.05, 0.1) is 4.90 Å². The Morgan fingerprint density at radius 2 is 1.95 bits per heavy atom. The fourth-order valence-electron chi connectivity index (χ4n) is 1.97. The molecule has 0 aliphatic heterocycles. The molecule has 0 spiro atoms. The molecule has 1 aromatic rings. The summed E-state index contributed by atoms with van der Waals surface area (Å²) in [5, 5.41) is 0. The van der Waals surface area contributed by atoms with Gasteiger partial charge in [-0.05, 0) is 44.9 Å². The molecule has 0 unspecified atom stereocenters. The molecule has 0 aliphatic carbocycles. The Morgan fingerprint density at radius 1 is 1.35 bits per heavy atom. The van der Waals surface area contributed by atoms with Crippen molar-refractivity contribution in [2.24, 2.45) is 0 Å². The second-order valence-corrected chi connectivity index (χ2v) is 7.57. The van der Waals surface area contributed by atoms with Crippen molar-refractivity contribution in [2.45, 2.75) is 45.1 Å². The molecule has 0 aromatic heterocycles. The first-order valence-electron chi connectivity index (χ1n) is 6.54. The third-order valence-electron chi connectivity index (χ3n) is 3.07. The average molecular weight is 318 g/mol. The SMILES string of the molecule is CCCN(C(=O)c1cc(S(=O)(=O)Cl)ccc1C)C(C)C. The lowest BCUT2D eigenvalue weighted by Gasteiger charge is -2.27. The van der Waals surface area contributed by atoms with Crippen LogP contribution in [0.4, 0.5) is 0 Å². The first kappa shape index (κ1) is 17.0. The molecule has 0 fully saturated rings. The van der Waals surface area contributed by atoms with Gasteiger partial charge in [-0.25, -0.2) is 8.42 Å². The van der Waals surface area contributed by atoms with E-state index in [9.17, 15) is 13.2 Å². The highest BCUT2D eigenvalue weighted by Crippen LogP contribution is 2.21. The molecule has 0 heterocycles. The number of carbonyl (C=O) groups excluding carboxylic acids is 1. The number of aryl methyl sites for hydroxylation is 1. The summed E-state index contributed by atoms with van der Waals surface area (Å²) >= 11 is 0. The topological polar surface area (TPSA) is 54.5 Å². The van der Waals surface area contributed by atoms with E-state index in [4.69, 9.17) is 10.7 Å². The van der Waals surface area contributed by atoms with Gasteiger partial charge in [-0.15, -0.1) is 0 Å². The van der Waals surface area contributed by atoms with Crippen LogP contribution in [0.25, 0.3) is 0 Å². The van der Waals surface area contributed by atoms with Gasteiger partial charge in [0.1, 0.15) is 0 Å². The van der Waals surface area contributed by atoms with Crippen LogP contribution in [0.3, 0.4) is 0 Å². The molecule has 0 radical (unpaired) electrons. The van der Waals surface area contributed by atoms with E-state index < -0.39 is 9.05 Å². The minimum atomic E-state index is -3.83. The van der Waals surface area contributed by atoms with Crippen molar-refractivity contribution in [1.29, 1.82) is 0 Å². The van der Waals surface area contributed by atoms with Gasteiger partial charge in [-0.2, -0.15) is 0 Å². The summed E-state index contributed by atoms with van der Waals surface area (Å²) < 4.78 is 22.8. The van der Waals surface area contributed by atoms with Crippen LogP contribution < -0.4 is 0 Å². The number of carbonyl (C=O) groups is 1.